The van der Waals surface area contributed by atoms with Crippen LogP contribution in [0.2, 0.25) is 0 Å². The lowest BCUT2D eigenvalue weighted by atomic mass is 10.0. The zero-order valence-corrected chi connectivity index (χ0v) is 6.77. The fourth-order valence-electron chi connectivity index (χ4n) is 1.61. The van der Waals surface area contributed by atoms with Crippen LogP contribution in [0.4, 0.5) is 13.2 Å². The Morgan fingerprint density at radius 1 is 1.00 bits per heavy atom. The Labute approximate surface area is 69.6 Å². The van der Waals surface area contributed by atoms with Gasteiger partial charge in [-0.05, 0) is 25.7 Å². The van der Waals surface area contributed by atoms with Crippen LogP contribution in [0.1, 0.15) is 32.1 Å². The maximum absolute atomic E-state index is 12.2. The summed E-state index contributed by atoms with van der Waals surface area (Å²) in [7, 11) is 0. The molecule has 0 heterocycles. The van der Waals surface area contributed by atoms with E-state index in [0.717, 1.165) is 0 Å². The molecule has 1 N–H and O–H groups in total. The Hall–Kier alpha value is -0.250. The fraction of sp³-hybridized carbons (Fsp3) is 1.00. The van der Waals surface area contributed by atoms with Gasteiger partial charge in [0.25, 0.3) is 0 Å². The van der Waals surface area contributed by atoms with Gasteiger partial charge < -0.3 is 5.11 Å². The summed E-state index contributed by atoms with van der Waals surface area (Å²) >= 11 is 0. The van der Waals surface area contributed by atoms with Crippen molar-refractivity contribution in [3.05, 3.63) is 0 Å². The van der Waals surface area contributed by atoms with Crippen molar-refractivity contribution in [2.24, 2.45) is 5.92 Å². The van der Waals surface area contributed by atoms with E-state index >= 15 is 0 Å². The molecular formula is C8H13F3O. The number of hydrogen-bond donors (Lipinski definition) is 1. The Morgan fingerprint density at radius 3 is 2.25 bits per heavy atom. The third-order valence-corrected chi connectivity index (χ3v) is 2.40. The van der Waals surface area contributed by atoms with Crippen LogP contribution in [0.15, 0.2) is 0 Å². The largest absolute Gasteiger partial charge is 0.393 e. The van der Waals surface area contributed by atoms with Crippen LogP contribution in [0, 0.1) is 5.92 Å². The summed E-state index contributed by atoms with van der Waals surface area (Å²) in [6.45, 7) is 0. The standard InChI is InChI=1S/C8H13F3O/c9-8(10,11)6-2-1-3-7(12)5-4-6/h6-7,12H,1-5H2. The number of rotatable bonds is 0. The molecule has 0 saturated heterocycles. The summed E-state index contributed by atoms with van der Waals surface area (Å²) in [5, 5.41) is 9.11. The van der Waals surface area contributed by atoms with Gasteiger partial charge in [0.05, 0.1) is 12.0 Å². The van der Waals surface area contributed by atoms with Crippen molar-refractivity contribution in [1.29, 1.82) is 0 Å². The molecule has 0 aromatic rings. The van der Waals surface area contributed by atoms with Gasteiger partial charge in [0.15, 0.2) is 0 Å². The predicted octanol–water partition coefficient (Wildman–Crippen LogP) is 2.49. The van der Waals surface area contributed by atoms with Crippen LogP contribution in [-0.4, -0.2) is 17.4 Å². The molecule has 12 heavy (non-hydrogen) atoms. The molecule has 0 radical (unpaired) electrons. The molecule has 1 fully saturated rings. The maximum Gasteiger partial charge on any atom is 0.391 e. The monoisotopic (exact) mass is 182 g/mol. The van der Waals surface area contributed by atoms with E-state index < -0.39 is 18.2 Å². The molecular weight excluding hydrogens is 169 g/mol. The molecule has 2 unspecified atom stereocenters. The first-order valence-corrected chi connectivity index (χ1v) is 4.25. The second-order valence-electron chi connectivity index (χ2n) is 3.40. The zero-order chi connectivity index (χ0) is 9.19. The first kappa shape index (κ1) is 9.84. The summed E-state index contributed by atoms with van der Waals surface area (Å²) in [5.74, 6) is -1.19. The highest BCUT2D eigenvalue weighted by Crippen LogP contribution is 2.36. The normalized spacial score (nSPS) is 33.0. The molecule has 1 rings (SSSR count). The van der Waals surface area contributed by atoms with Crippen molar-refractivity contribution < 1.29 is 18.3 Å². The second kappa shape index (κ2) is 3.64. The number of hydrogen-bond acceptors (Lipinski definition) is 1. The van der Waals surface area contributed by atoms with E-state index in [4.69, 9.17) is 5.11 Å². The van der Waals surface area contributed by atoms with Crippen LogP contribution in [0.5, 0.6) is 0 Å². The fourth-order valence-corrected chi connectivity index (χ4v) is 1.61. The highest BCUT2D eigenvalue weighted by atomic mass is 19.4. The van der Waals surface area contributed by atoms with E-state index in [1.807, 2.05) is 0 Å². The lowest BCUT2D eigenvalue weighted by Gasteiger charge is -2.17. The van der Waals surface area contributed by atoms with Gasteiger partial charge in [-0.3, -0.25) is 0 Å². The minimum atomic E-state index is -4.07. The van der Waals surface area contributed by atoms with Gasteiger partial charge >= 0.3 is 6.18 Å². The average Bonchev–Trinajstić information content (AvgIpc) is 2.11. The van der Waals surface area contributed by atoms with Crippen molar-refractivity contribution in [3.63, 3.8) is 0 Å². The molecule has 1 aliphatic rings. The summed E-state index contributed by atoms with van der Waals surface area (Å²) in [5.41, 5.74) is 0. The summed E-state index contributed by atoms with van der Waals surface area (Å²) < 4.78 is 36.5. The van der Waals surface area contributed by atoms with Crippen molar-refractivity contribution in [2.45, 2.75) is 44.4 Å². The third-order valence-electron chi connectivity index (χ3n) is 2.40. The van der Waals surface area contributed by atoms with Crippen LogP contribution in [0.25, 0.3) is 0 Å². The van der Waals surface area contributed by atoms with Crippen LogP contribution >= 0.6 is 0 Å². The predicted molar refractivity (Wildman–Crippen MR) is 38.6 cm³/mol. The second-order valence-corrected chi connectivity index (χ2v) is 3.40. The Bertz CT molecular complexity index is 144. The molecule has 1 saturated carbocycles. The van der Waals surface area contributed by atoms with Gasteiger partial charge in [0.2, 0.25) is 0 Å². The van der Waals surface area contributed by atoms with Crippen LogP contribution in [-0.2, 0) is 0 Å². The molecule has 0 spiro atoms. The van der Waals surface area contributed by atoms with E-state index in [1.54, 1.807) is 0 Å². The highest BCUT2D eigenvalue weighted by molar-refractivity contribution is 4.74. The molecule has 72 valence electrons. The van der Waals surface area contributed by atoms with E-state index in [0.29, 0.717) is 19.3 Å². The molecule has 0 aromatic carbocycles. The average molecular weight is 182 g/mol. The molecule has 0 bridgehead atoms. The Balaban J connectivity index is 2.46. The maximum atomic E-state index is 12.2. The van der Waals surface area contributed by atoms with Gasteiger partial charge in [0, 0.05) is 0 Å². The van der Waals surface area contributed by atoms with Gasteiger partial charge in [-0.2, -0.15) is 13.2 Å². The molecule has 0 amide bonds. The lowest BCUT2D eigenvalue weighted by molar-refractivity contribution is -0.177. The van der Waals surface area contributed by atoms with Crippen molar-refractivity contribution >= 4 is 0 Å². The van der Waals surface area contributed by atoms with Crippen molar-refractivity contribution in [2.75, 3.05) is 0 Å². The van der Waals surface area contributed by atoms with E-state index in [2.05, 4.69) is 0 Å². The number of aliphatic hydroxyl groups excluding tert-OH is 1. The van der Waals surface area contributed by atoms with Gasteiger partial charge in [0.1, 0.15) is 0 Å². The minimum Gasteiger partial charge on any atom is -0.393 e. The van der Waals surface area contributed by atoms with Crippen LogP contribution in [0.3, 0.4) is 0 Å². The topological polar surface area (TPSA) is 20.2 Å². The minimum absolute atomic E-state index is 0.0880. The Kier molecular flexibility index (Phi) is 2.99. The molecule has 4 heteroatoms. The smallest absolute Gasteiger partial charge is 0.391 e. The number of alkyl halides is 3. The van der Waals surface area contributed by atoms with E-state index in [-0.39, 0.29) is 12.8 Å². The Morgan fingerprint density at radius 2 is 1.67 bits per heavy atom. The number of halogens is 3. The number of aliphatic hydroxyl groups is 1. The highest BCUT2D eigenvalue weighted by Gasteiger charge is 2.39. The van der Waals surface area contributed by atoms with Crippen LogP contribution < -0.4 is 0 Å². The molecule has 2 atom stereocenters. The lowest BCUT2D eigenvalue weighted by Crippen LogP contribution is -2.22. The molecule has 1 nitrogen and oxygen atoms in total. The zero-order valence-electron chi connectivity index (χ0n) is 6.77. The van der Waals surface area contributed by atoms with Crippen molar-refractivity contribution in [1.82, 2.24) is 0 Å². The van der Waals surface area contributed by atoms with Gasteiger partial charge in [-0.25, -0.2) is 0 Å². The molecule has 0 aromatic heterocycles. The first-order valence-electron chi connectivity index (χ1n) is 4.25. The first-order chi connectivity index (χ1) is 5.50. The third kappa shape index (κ3) is 2.66. The quantitative estimate of drug-likeness (QED) is 0.570. The molecule has 1 aliphatic carbocycles. The molecule has 0 aliphatic heterocycles. The summed E-state index contributed by atoms with van der Waals surface area (Å²) in [6.07, 6.45) is -3.01. The summed E-state index contributed by atoms with van der Waals surface area (Å²) in [4.78, 5) is 0. The van der Waals surface area contributed by atoms with E-state index in [1.165, 1.54) is 0 Å². The summed E-state index contributed by atoms with van der Waals surface area (Å²) in [6, 6.07) is 0. The van der Waals surface area contributed by atoms with Crippen molar-refractivity contribution in [3.8, 4) is 0 Å². The SMILES string of the molecule is OC1CCCC(C(F)(F)F)CC1. The van der Waals surface area contributed by atoms with Gasteiger partial charge in [-0.1, -0.05) is 6.42 Å². The van der Waals surface area contributed by atoms with E-state index in [9.17, 15) is 13.2 Å². The van der Waals surface area contributed by atoms with Gasteiger partial charge in [-0.15, -0.1) is 0 Å².